The molecule has 38 heavy (non-hydrogen) atoms. The lowest BCUT2D eigenvalue weighted by molar-refractivity contribution is -0.116. The number of halogens is 1. The first-order valence-corrected chi connectivity index (χ1v) is 12.5. The maximum Gasteiger partial charge on any atom is 0.268 e. The first-order valence-electron chi connectivity index (χ1n) is 12.1. The third kappa shape index (κ3) is 4.92. The fraction of sp³-hybridized carbons (Fsp3) is 0.385. The predicted octanol–water partition coefficient (Wildman–Crippen LogP) is 5.00. The fourth-order valence-corrected chi connectivity index (χ4v) is 4.67. The second-order valence-electron chi connectivity index (χ2n) is 9.74. The van der Waals surface area contributed by atoms with Gasteiger partial charge in [-0.25, -0.2) is 11.6 Å². The molecule has 1 aliphatic heterocycles. The zero-order chi connectivity index (χ0) is 27.0. The second-order valence-corrected chi connectivity index (χ2v) is 10.1. The number of nitrogens with one attached hydrogen (secondary N) is 1. The molecule has 0 bridgehead atoms. The Morgan fingerprint density at radius 3 is 2.89 bits per heavy atom. The minimum absolute atomic E-state index is 0.0110. The van der Waals surface area contributed by atoms with E-state index in [-0.39, 0.29) is 18.2 Å². The summed E-state index contributed by atoms with van der Waals surface area (Å²) in [5.41, 5.74) is 1.67. The molecule has 4 aromatic heterocycles. The van der Waals surface area contributed by atoms with E-state index < -0.39 is 5.54 Å². The second kappa shape index (κ2) is 10.0. The van der Waals surface area contributed by atoms with Gasteiger partial charge in [-0.1, -0.05) is 11.6 Å². The molecule has 12 heteroatoms. The van der Waals surface area contributed by atoms with Gasteiger partial charge in [-0.3, -0.25) is 14.5 Å². The first-order chi connectivity index (χ1) is 18.2. The molecule has 1 aliphatic rings. The van der Waals surface area contributed by atoms with Crippen LogP contribution < -0.4 is 10.1 Å². The highest BCUT2D eigenvalue weighted by Gasteiger charge is 2.35. The number of hydrogen-bond donors (Lipinski definition) is 1. The van der Waals surface area contributed by atoms with Gasteiger partial charge < -0.3 is 24.2 Å². The number of aryl methyl sites for hydroxylation is 1. The molecule has 0 amide bonds. The van der Waals surface area contributed by atoms with Crippen molar-refractivity contribution in [3.05, 3.63) is 58.4 Å². The number of anilines is 2. The molecule has 11 nitrogen and oxygen atoms in total. The molecule has 1 fully saturated rings. The summed E-state index contributed by atoms with van der Waals surface area (Å²) in [6.45, 7) is 14.2. The van der Waals surface area contributed by atoms with Gasteiger partial charge in [-0.15, -0.1) is 0 Å². The normalized spacial score (nSPS) is 15.5. The summed E-state index contributed by atoms with van der Waals surface area (Å²) in [5.74, 6) is 1.90. The predicted molar refractivity (Wildman–Crippen MR) is 142 cm³/mol. The van der Waals surface area contributed by atoms with Gasteiger partial charge >= 0.3 is 0 Å². The molecule has 0 aliphatic carbocycles. The number of rotatable bonds is 8. The molecule has 0 radical (unpaired) electrons. The number of carbonyl (C=O) groups is 1. The smallest absolute Gasteiger partial charge is 0.268 e. The Balaban J connectivity index is 1.45. The zero-order valence-corrected chi connectivity index (χ0v) is 22.3. The van der Waals surface area contributed by atoms with Crippen LogP contribution >= 0.6 is 11.6 Å². The Bertz CT molecular complexity index is 1560. The van der Waals surface area contributed by atoms with Crippen LogP contribution in [0.3, 0.4) is 0 Å². The van der Waals surface area contributed by atoms with Crippen molar-refractivity contribution < 1.29 is 14.3 Å². The Labute approximate surface area is 224 Å². The van der Waals surface area contributed by atoms with Crippen LogP contribution in [0.1, 0.15) is 44.6 Å². The van der Waals surface area contributed by atoms with E-state index >= 15 is 0 Å². The third-order valence-corrected chi connectivity index (χ3v) is 6.75. The molecule has 1 saturated heterocycles. The van der Waals surface area contributed by atoms with E-state index in [0.717, 1.165) is 12.1 Å². The zero-order valence-electron chi connectivity index (χ0n) is 21.5. The maximum atomic E-state index is 11.5. The SMILES string of the molecule is [C-]#[N+]C(C)(C)c1cc(Nc2nc3ncc(Oc4ccnc(CC(C)=O)c4)c(Cl)c3n2C)nn1[C@H]1CCOC1. The molecular formula is C26H27ClN8O3. The van der Waals surface area contributed by atoms with Crippen LogP contribution in [-0.2, 0) is 28.5 Å². The molecule has 5 rings (SSSR count). The summed E-state index contributed by atoms with van der Waals surface area (Å²) >= 11 is 6.74. The van der Waals surface area contributed by atoms with E-state index in [1.165, 1.54) is 13.1 Å². The van der Waals surface area contributed by atoms with Crippen molar-refractivity contribution >= 4 is 40.3 Å². The van der Waals surface area contributed by atoms with Crippen molar-refractivity contribution in [3.63, 3.8) is 0 Å². The van der Waals surface area contributed by atoms with E-state index in [1.807, 2.05) is 31.6 Å². The number of ketones is 1. The topological polar surface area (TPSA) is 113 Å². The van der Waals surface area contributed by atoms with Gasteiger partial charge in [-0.05, 0) is 19.4 Å². The number of aromatic nitrogens is 6. The molecular weight excluding hydrogens is 508 g/mol. The van der Waals surface area contributed by atoms with Gasteiger partial charge in [0.2, 0.25) is 5.95 Å². The number of imidazole rings is 1. The van der Waals surface area contributed by atoms with E-state index in [4.69, 9.17) is 32.7 Å². The Kier molecular flexibility index (Phi) is 6.77. The van der Waals surface area contributed by atoms with Gasteiger partial charge in [0.1, 0.15) is 27.8 Å². The number of Topliss-reactive ketones (excluding diaryl/α,β-unsaturated/α-hetero) is 1. The van der Waals surface area contributed by atoms with Gasteiger partial charge in [0.05, 0.1) is 24.5 Å². The van der Waals surface area contributed by atoms with Crippen molar-refractivity contribution in [2.24, 2.45) is 7.05 Å². The molecule has 1 N–H and O–H groups in total. The largest absolute Gasteiger partial charge is 0.454 e. The van der Waals surface area contributed by atoms with Gasteiger partial charge in [0, 0.05) is 52.3 Å². The van der Waals surface area contributed by atoms with Gasteiger partial charge in [0.15, 0.2) is 17.2 Å². The number of carbonyl (C=O) groups excluding carboxylic acids is 1. The highest BCUT2D eigenvalue weighted by Crippen LogP contribution is 2.37. The number of nitrogens with zero attached hydrogens (tertiary/aromatic N) is 7. The average molecular weight is 535 g/mol. The molecule has 196 valence electrons. The van der Waals surface area contributed by atoms with Crippen molar-refractivity contribution in [1.82, 2.24) is 29.3 Å². The summed E-state index contributed by atoms with van der Waals surface area (Å²) < 4.78 is 15.2. The average Bonchev–Trinajstić information content (AvgIpc) is 3.61. The van der Waals surface area contributed by atoms with Crippen molar-refractivity contribution in [2.75, 3.05) is 18.5 Å². The van der Waals surface area contributed by atoms with Gasteiger partial charge in [-0.2, -0.15) is 10.1 Å². The fourth-order valence-electron chi connectivity index (χ4n) is 4.37. The third-order valence-electron chi connectivity index (χ3n) is 6.38. The number of fused-ring (bicyclic) bond motifs is 1. The summed E-state index contributed by atoms with van der Waals surface area (Å²) in [4.78, 5) is 28.5. The van der Waals surface area contributed by atoms with E-state index in [9.17, 15) is 4.79 Å². The summed E-state index contributed by atoms with van der Waals surface area (Å²) in [6, 6.07) is 5.34. The van der Waals surface area contributed by atoms with Crippen LogP contribution in [0.4, 0.5) is 11.8 Å². The van der Waals surface area contributed by atoms with Crippen molar-refractivity contribution in [3.8, 4) is 11.5 Å². The highest BCUT2D eigenvalue weighted by atomic mass is 35.5. The number of ether oxygens (including phenoxy) is 2. The van der Waals surface area contributed by atoms with Crippen molar-refractivity contribution in [2.45, 2.75) is 45.2 Å². The standard InChI is InChI=1S/C26H27ClN8O3/c1-15(36)10-16-11-18(6-8-29-16)38-19-13-30-24-23(22(19)27)34(5)25(32-24)31-21-12-20(26(2,3)28-4)35(33-21)17-7-9-37-14-17/h6,8,11-13,17H,7,9-10,14H2,1-3,5H3,(H,30,31,32,33)/t17-/m0/s1. The molecule has 1 atom stereocenters. The van der Waals surface area contributed by atoms with Crippen LogP contribution in [0.15, 0.2) is 30.6 Å². The lowest BCUT2D eigenvalue weighted by Crippen LogP contribution is -2.22. The van der Waals surface area contributed by atoms with E-state index in [2.05, 4.69) is 25.1 Å². The van der Waals surface area contributed by atoms with Gasteiger partial charge in [0.25, 0.3) is 5.54 Å². The Morgan fingerprint density at radius 2 is 2.18 bits per heavy atom. The molecule has 0 aromatic carbocycles. The van der Waals surface area contributed by atoms with Crippen LogP contribution in [0.5, 0.6) is 11.5 Å². The lowest BCUT2D eigenvalue weighted by atomic mass is 10.0. The molecule has 0 saturated carbocycles. The molecule has 5 heterocycles. The molecule has 0 unspecified atom stereocenters. The van der Waals surface area contributed by atoms with Crippen LogP contribution in [0, 0.1) is 6.57 Å². The van der Waals surface area contributed by atoms with Crippen LogP contribution in [0.25, 0.3) is 16.0 Å². The highest BCUT2D eigenvalue weighted by molar-refractivity contribution is 6.36. The number of hydrogen-bond acceptors (Lipinski definition) is 8. The maximum absolute atomic E-state index is 11.5. The van der Waals surface area contributed by atoms with Crippen LogP contribution in [-0.4, -0.2) is 48.3 Å². The summed E-state index contributed by atoms with van der Waals surface area (Å²) in [6.07, 6.45) is 4.15. The number of pyridine rings is 2. The summed E-state index contributed by atoms with van der Waals surface area (Å²) in [7, 11) is 1.82. The van der Waals surface area contributed by atoms with Crippen LogP contribution in [0.2, 0.25) is 5.02 Å². The monoisotopic (exact) mass is 534 g/mol. The Morgan fingerprint density at radius 1 is 1.37 bits per heavy atom. The minimum Gasteiger partial charge on any atom is -0.454 e. The summed E-state index contributed by atoms with van der Waals surface area (Å²) in [5, 5.41) is 8.36. The minimum atomic E-state index is -0.754. The van der Waals surface area contributed by atoms with E-state index in [1.54, 1.807) is 22.9 Å². The molecule has 4 aromatic rings. The van der Waals surface area contributed by atoms with Crippen molar-refractivity contribution in [1.29, 1.82) is 0 Å². The van der Waals surface area contributed by atoms with E-state index in [0.29, 0.717) is 58.4 Å². The molecule has 0 spiro atoms. The first kappa shape index (κ1) is 25.6. The Hall–Kier alpha value is -4.01. The lowest BCUT2D eigenvalue weighted by Gasteiger charge is -2.17. The quantitative estimate of drug-likeness (QED) is 0.314.